The van der Waals surface area contributed by atoms with Gasteiger partial charge in [0.1, 0.15) is 18.4 Å². The molecule has 0 spiro atoms. The summed E-state index contributed by atoms with van der Waals surface area (Å²) in [5.41, 5.74) is 0.768. The second kappa shape index (κ2) is 11.3. The molecule has 0 aliphatic carbocycles. The number of hydrogen-bond acceptors (Lipinski definition) is 4. The van der Waals surface area contributed by atoms with Crippen LogP contribution in [-0.2, 0) is 26.2 Å². The molecule has 0 aliphatic heterocycles. The minimum absolute atomic E-state index is 0.00881. The predicted molar refractivity (Wildman–Crippen MR) is 123 cm³/mol. The van der Waals surface area contributed by atoms with Gasteiger partial charge in [0.05, 0.1) is 17.0 Å². The van der Waals surface area contributed by atoms with Gasteiger partial charge in [-0.1, -0.05) is 42.8 Å². The quantitative estimate of drug-likeness (QED) is 0.562. The van der Waals surface area contributed by atoms with E-state index >= 15 is 0 Å². The summed E-state index contributed by atoms with van der Waals surface area (Å²) in [6.07, 6.45) is 1.29. The molecule has 0 aromatic heterocycles. The summed E-state index contributed by atoms with van der Waals surface area (Å²) in [6.45, 7) is 3.37. The Morgan fingerprint density at radius 2 is 1.72 bits per heavy atom. The van der Waals surface area contributed by atoms with Crippen LogP contribution >= 0.6 is 11.6 Å². The normalized spacial score (nSPS) is 12.2. The van der Waals surface area contributed by atoms with Gasteiger partial charge in [-0.25, -0.2) is 12.8 Å². The van der Waals surface area contributed by atoms with Crippen LogP contribution in [-0.4, -0.2) is 50.5 Å². The number of para-hydroxylation sites is 1. The number of amides is 2. The molecule has 10 heteroatoms. The maximum absolute atomic E-state index is 13.4. The molecule has 2 amide bonds. The molecule has 2 aromatic carbocycles. The number of rotatable bonds is 10. The molecule has 0 saturated heterocycles. The molecule has 0 bridgehead atoms. The van der Waals surface area contributed by atoms with Crippen LogP contribution in [0.15, 0.2) is 48.5 Å². The first-order valence-corrected chi connectivity index (χ1v) is 12.3. The standard InChI is InChI=1S/C22H27ClFN3O4S/c1-4-19(22(29)25-5-2)26(14-16-10-12-17(24)13-11-16)21(28)15-27(32(3,30)31)20-9-7-6-8-18(20)23/h6-13,19H,4-5,14-15H2,1-3H3,(H,25,29)/t19-/m1/s1. The maximum Gasteiger partial charge on any atom is 0.244 e. The van der Waals surface area contributed by atoms with E-state index in [2.05, 4.69) is 5.32 Å². The first-order chi connectivity index (χ1) is 15.1. The molecule has 0 radical (unpaired) electrons. The number of nitrogens with zero attached hydrogens (tertiary/aromatic N) is 2. The molecule has 7 nitrogen and oxygen atoms in total. The van der Waals surface area contributed by atoms with Crippen LogP contribution in [0.5, 0.6) is 0 Å². The summed E-state index contributed by atoms with van der Waals surface area (Å²) in [6, 6.07) is 11.0. The van der Waals surface area contributed by atoms with Gasteiger partial charge < -0.3 is 10.2 Å². The van der Waals surface area contributed by atoms with Crippen LogP contribution in [0.1, 0.15) is 25.8 Å². The number of nitrogens with one attached hydrogen (secondary N) is 1. The average molecular weight is 484 g/mol. The summed E-state index contributed by atoms with van der Waals surface area (Å²) in [7, 11) is -3.86. The fourth-order valence-corrected chi connectivity index (χ4v) is 4.40. The summed E-state index contributed by atoms with van der Waals surface area (Å²) in [5, 5.41) is 2.88. The van der Waals surface area contributed by atoms with E-state index in [0.29, 0.717) is 18.5 Å². The molecule has 0 unspecified atom stereocenters. The summed E-state index contributed by atoms with van der Waals surface area (Å²) >= 11 is 6.18. The highest BCUT2D eigenvalue weighted by Crippen LogP contribution is 2.27. The van der Waals surface area contributed by atoms with Crippen LogP contribution in [0, 0.1) is 5.82 Å². The Bertz CT molecular complexity index is 1050. The fraction of sp³-hybridized carbons (Fsp3) is 0.364. The van der Waals surface area contributed by atoms with E-state index in [1.165, 1.54) is 41.3 Å². The largest absolute Gasteiger partial charge is 0.355 e. The molecule has 1 atom stereocenters. The molecular formula is C22H27ClFN3O4S. The van der Waals surface area contributed by atoms with E-state index in [1.807, 2.05) is 0 Å². The SMILES string of the molecule is CCNC(=O)[C@@H](CC)N(Cc1ccc(F)cc1)C(=O)CN(c1ccccc1Cl)S(C)(=O)=O. The van der Waals surface area contributed by atoms with Crippen LogP contribution in [0.25, 0.3) is 0 Å². The number of benzene rings is 2. The van der Waals surface area contributed by atoms with Crippen molar-refractivity contribution in [2.75, 3.05) is 23.7 Å². The van der Waals surface area contributed by atoms with Gasteiger partial charge in [-0.2, -0.15) is 0 Å². The van der Waals surface area contributed by atoms with E-state index in [4.69, 9.17) is 11.6 Å². The molecule has 2 rings (SSSR count). The third-order valence-electron chi connectivity index (χ3n) is 4.80. The number of sulfonamides is 1. The minimum atomic E-state index is -3.86. The molecule has 0 heterocycles. The zero-order valence-corrected chi connectivity index (χ0v) is 19.8. The highest BCUT2D eigenvalue weighted by atomic mass is 35.5. The fourth-order valence-electron chi connectivity index (χ4n) is 3.25. The summed E-state index contributed by atoms with van der Waals surface area (Å²) in [4.78, 5) is 27.4. The predicted octanol–water partition coefficient (Wildman–Crippen LogP) is 3.19. The Kier molecular flexibility index (Phi) is 9.03. The number of halogens is 2. The second-order valence-electron chi connectivity index (χ2n) is 7.19. The Morgan fingerprint density at radius 1 is 1.09 bits per heavy atom. The van der Waals surface area contributed by atoms with Gasteiger partial charge in [0.25, 0.3) is 0 Å². The van der Waals surface area contributed by atoms with Gasteiger partial charge in [0.2, 0.25) is 21.8 Å². The van der Waals surface area contributed by atoms with Gasteiger partial charge in [-0.15, -0.1) is 0 Å². The average Bonchev–Trinajstić information content (AvgIpc) is 2.73. The zero-order chi connectivity index (χ0) is 23.9. The van der Waals surface area contributed by atoms with Crippen molar-refractivity contribution < 1.29 is 22.4 Å². The van der Waals surface area contributed by atoms with E-state index < -0.39 is 34.3 Å². The van der Waals surface area contributed by atoms with E-state index in [9.17, 15) is 22.4 Å². The number of carbonyl (C=O) groups is 2. The van der Waals surface area contributed by atoms with Gasteiger partial charge >= 0.3 is 0 Å². The van der Waals surface area contributed by atoms with Crippen molar-refractivity contribution >= 4 is 39.1 Å². The van der Waals surface area contributed by atoms with Crippen LogP contribution in [0.2, 0.25) is 5.02 Å². The van der Waals surface area contributed by atoms with Gasteiger partial charge in [-0.05, 0) is 43.2 Å². The second-order valence-corrected chi connectivity index (χ2v) is 9.50. The van der Waals surface area contributed by atoms with E-state index in [1.54, 1.807) is 26.0 Å². The summed E-state index contributed by atoms with van der Waals surface area (Å²) < 4.78 is 39.2. The minimum Gasteiger partial charge on any atom is -0.355 e. The molecule has 0 aliphatic rings. The van der Waals surface area contributed by atoms with E-state index in [0.717, 1.165) is 10.6 Å². The lowest BCUT2D eigenvalue weighted by Crippen LogP contribution is -2.52. The van der Waals surface area contributed by atoms with Crippen LogP contribution < -0.4 is 9.62 Å². The molecule has 0 saturated carbocycles. The summed E-state index contributed by atoms with van der Waals surface area (Å²) in [5.74, 6) is -1.36. The topological polar surface area (TPSA) is 86.8 Å². The van der Waals surface area contributed by atoms with Gasteiger partial charge in [0, 0.05) is 13.1 Å². The molecule has 174 valence electrons. The number of hydrogen-bond donors (Lipinski definition) is 1. The Balaban J connectivity index is 2.43. The first-order valence-electron chi connectivity index (χ1n) is 10.1. The lowest BCUT2D eigenvalue weighted by Gasteiger charge is -2.33. The first kappa shape index (κ1) is 25.6. The van der Waals surface area contributed by atoms with Crippen molar-refractivity contribution in [2.24, 2.45) is 0 Å². The van der Waals surface area contributed by atoms with Crippen molar-refractivity contribution in [3.8, 4) is 0 Å². The molecule has 1 N–H and O–H groups in total. The third kappa shape index (κ3) is 6.67. The van der Waals surface area contributed by atoms with Crippen molar-refractivity contribution in [3.63, 3.8) is 0 Å². The van der Waals surface area contributed by atoms with Crippen LogP contribution in [0.4, 0.5) is 10.1 Å². The highest BCUT2D eigenvalue weighted by molar-refractivity contribution is 7.92. The van der Waals surface area contributed by atoms with Crippen molar-refractivity contribution in [1.29, 1.82) is 0 Å². The molecule has 0 fully saturated rings. The van der Waals surface area contributed by atoms with Crippen molar-refractivity contribution in [3.05, 3.63) is 64.9 Å². The number of likely N-dealkylation sites (N-methyl/N-ethyl adjacent to an activating group) is 1. The highest BCUT2D eigenvalue weighted by Gasteiger charge is 2.32. The molecule has 32 heavy (non-hydrogen) atoms. The maximum atomic E-state index is 13.4. The van der Waals surface area contributed by atoms with Crippen molar-refractivity contribution in [2.45, 2.75) is 32.9 Å². The van der Waals surface area contributed by atoms with Crippen LogP contribution in [0.3, 0.4) is 0 Å². The Hall–Kier alpha value is -2.65. The third-order valence-corrected chi connectivity index (χ3v) is 6.25. The molecular weight excluding hydrogens is 457 g/mol. The Labute approximate surface area is 193 Å². The van der Waals surface area contributed by atoms with Crippen molar-refractivity contribution in [1.82, 2.24) is 10.2 Å². The smallest absolute Gasteiger partial charge is 0.244 e. The number of carbonyl (C=O) groups excluding carboxylic acids is 2. The lowest BCUT2D eigenvalue weighted by molar-refractivity contribution is -0.140. The van der Waals surface area contributed by atoms with Gasteiger partial charge in [-0.3, -0.25) is 13.9 Å². The molecule has 2 aromatic rings. The zero-order valence-electron chi connectivity index (χ0n) is 18.2. The van der Waals surface area contributed by atoms with Gasteiger partial charge in [0.15, 0.2) is 0 Å². The lowest BCUT2D eigenvalue weighted by atomic mass is 10.1. The monoisotopic (exact) mass is 483 g/mol. The Morgan fingerprint density at radius 3 is 2.25 bits per heavy atom. The number of anilines is 1. The van der Waals surface area contributed by atoms with E-state index in [-0.39, 0.29) is 23.2 Å².